The third-order valence-electron chi connectivity index (χ3n) is 2.60. The highest BCUT2D eigenvalue weighted by Gasteiger charge is 2.46. The Bertz CT molecular complexity index is 426. The topological polar surface area (TPSA) is 52.6 Å². The molecule has 92 valence electrons. The lowest BCUT2D eigenvalue weighted by atomic mass is 9.82. The number of esters is 2. The number of benzene rings is 1. The minimum Gasteiger partial charge on any atom is -0.468 e. The molecule has 0 unspecified atom stereocenters. The van der Waals surface area contributed by atoms with Gasteiger partial charge < -0.3 is 9.47 Å². The Balaban J connectivity index is 3.39. The van der Waals surface area contributed by atoms with E-state index in [0.29, 0.717) is 10.0 Å². The van der Waals surface area contributed by atoms with Crippen molar-refractivity contribution in [2.24, 2.45) is 0 Å². The predicted molar refractivity (Wildman–Crippen MR) is 65.5 cm³/mol. The van der Waals surface area contributed by atoms with Crippen LogP contribution >= 0.6 is 15.9 Å². The molecule has 0 radical (unpaired) electrons. The summed E-state index contributed by atoms with van der Waals surface area (Å²) in [5.74, 6) is -1.31. The Kier molecular flexibility index (Phi) is 4.28. The zero-order valence-electron chi connectivity index (χ0n) is 9.82. The van der Waals surface area contributed by atoms with Gasteiger partial charge in [-0.25, -0.2) is 0 Å². The molecule has 0 heterocycles. The second kappa shape index (κ2) is 5.31. The molecule has 1 aromatic rings. The van der Waals surface area contributed by atoms with Crippen LogP contribution in [-0.4, -0.2) is 26.2 Å². The van der Waals surface area contributed by atoms with Crippen LogP contribution in [0.1, 0.15) is 12.5 Å². The van der Waals surface area contributed by atoms with Crippen molar-refractivity contribution >= 4 is 27.9 Å². The van der Waals surface area contributed by atoms with E-state index in [1.807, 2.05) is 0 Å². The Labute approximate surface area is 108 Å². The van der Waals surface area contributed by atoms with Gasteiger partial charge in [-0.1, -0.05) is 34.1 Å². The van der Waals surface area contributed by atoms with Crippen molar-refractivity contribution in [3.05, 3.63) is 34.3 Å². The lowest BCUT2D eigenvalue weighted by molar-refractivity contribution is -0.161. The fourth-order valence-electron chi connectivity index (χ4n) is 1.58. The molecule has 0 bridgehead atoms. The van der Waals surface area contributed by atoms with Crippen LogP contribution in [0.3, 0.4) is 0 Å². The Morgan fingerprint density at radius 1 is 1.12 bits per heavy atom. The molecule has 4 nitrogen and oxygen atoms in total. The SMILES string of the molecule is COC(=O)C(C)(C(=O)OC)c1ccccc1Br. The molecule has 0 spiro atoms. The maximum absolute atomic E-state index is 11.8. The fourth-order valence-corrected chi connectivity index (χ4v) is 2.26. The highest BCUT2D eigenvalue weighted by atomic mass is 79.9. The van der Waals surface area contributed by atoms with Gasteiger partial charge in [-0.15, -0.1) is 0 Å². The first-order valence-electron chi connectivity index (χ1n) is 4.90. The van der Waals surface area contributed by atoms with Gasteiger partial charge in [0.15, 0.2) is 5.41 Å². The molecule has 0 N–H and O–H groups in total. The van der Waals surface area contributed by atoms with Crippen LogP contribution in [0.5, 0.6) is 0 Å². The number of carbonyl (C=O) groups is 2. The van der Waals surface area contributed by atoms with Gasteiger partial charge in [0.2, 0.25) is 0 Å². The quantitative estimate of drug-likeness (QED) is 0.633. The zero-order chi connectivity index (χ0) is 13.1. The average Bonchev–Trinajstić information content (AvgIpc) is 2.36. The molecule has 1 aromatic carbocycles. The largest absolute Gasteiger partial charge is 0.468 e. The Morgan fingerprint density at radius 3 is 2.00 bits per heavy atom. The number of hydrogen-bond acceptors (Lipinski definition) is 4. The van der Waals surface area contributed by atoms with E-state index in [9.17, 15) is 9.59 Å². The molecular weight excluding hydrogens is 288 g/mol. The highest BCUT2D eigenvalue weighted by Crippen LogP contribution is 2.32. The summed E-state index contributed by atoms with van der Waals surface area (Å²) in [6.45, 7) is 1.48. The lowest BCUT2D eigenvalue weighted by Gasteiger charge is -2.25. The molecular formula is C12H13BrO4. The molecule has 17 heavy (non-hydrogen) atoms. The summed E-state index contributed by atoms with van der Waals surface area (Å²) in [6.07, 6.45) is 0. The first kappa shape index (κ1) is 13.7. The van der Waals surface area contributed by atoms with Crippen molar-refractivity contribution < 1.29 is 19.1 Å². The average molecular weight is 301 g/mol. The molecule has 0 amide bonds. The summed E-state index contributed by atoms with van der Waals surface area (Å²) in [7, 11) is 2.47. The molecule has 0 fully saturated rings. The van der Waals surface area contributed by atoms with Gasteiger partial charge in [0, 0.05) is 4.47 Å². The second-order valence-corrected chi connectivity index (χ2v) is 4.44. The van der Waals surface area contributed by atoms with Crippen LogP contribution < -0.4 is 0 Å². The number of hydrogen-bond donors (Lipinski definition) is 0. The maximum atomic E-state index is 11.8. The van der Waals surface area contributed by atoms with Gasteiger partial charge in [-0.05, 0) is 18.6 Å². The van der Waals surface area contributed by atoms with Crippen LogP contribution in [0.2, 0.25) is 0 Å². The molecule has 0 aromatic heterocycles. The lowest BCUT2D eigenvalue weighted by Crippen LogP contribution is -2.43. The minimum absolute atomic E-state index is 0.513. The predicted octanol–water partition coefficient (Wildman–Crippen LogP) is 2.05. The Morgan fingerprint density at radius 2 is 1.59 bits per heavy atom. The van der Waals surface area contributed by atoms with E-state index in [1.54, 1.807) is 24.3 Å². The number of rotatable bonds is 3. The highest BCUT2D eigenvalue weighted by molar-refractivity contribution is 9.10. The summed E-state index contributed by atoms with van der Waals surface area (Å²) in [5.41, 5.74) is -0.956. The van der Waals surface area contributed by atoms with Gasteiger partial charge in [0.25, 0.3) is 0 Å². The molecule has 0 saturated heterocycles. The third kappa shape index (κ3) is 2.34. The summed E-state index contributed by atoms with van der Waals surface area (Å²) in [6, 6.07) is 6.96. The van der Waals surface area contributed by atoms with Crippen LogP contribution in [0.15, 0.2) is 28.7 Å². The van der Waals surface area contributed by atoms with E-state index < -0.39 is 17.4 Å². The number of ether oxygens (including phenoxy) is 2. The van der Waals surface area contributed by atoms with Gasteiger partial charge in [0.1, 0.15) is 0 Å². The minimum atomic E-state index is -1.47. The van der Waals surface area contributed by atoms with Gasteiger partial charge in [0.05, 0.1) is 14.2 Å². The van der Waals surface area contributed by atoms with Crippen molar-refractivity contribution in [3.8, 4) is 0 Å². The van der Waals surface area contributed by atoms with E-state index in [1.165, 1.54) is 21.1 Å². The van der Waals surface area contributed by atoms with Crippen molar-refractivity contribution in [3.63, 3.8) is 0 Å². The summed E-state index contributed by atoms with van der Waals surface area (Å²) in [5, 5.41) is 0. The standard InChI is InChI=1S/C12H13BrO4/c1-12(10(14)16-2,11(15)17-3)8-6-4-5-7-9(8)13/h4-7H,1-3H3. The van der Waals surface area contributed by atoms with E-state index in [0.717, 1.165) is 0 Å². The summed E-state index contributed by atoms with van der Waals surface area (Å²) in [4.78, 5) is 23.7. The van der Waals surface area contributed by atoms with Crippen molar-refractivity contribution in [1.29, 1.82) is 0 Å². The van der Waals surface area contributed by atoms with Crippen LogP contribution in [-0.2, 0) is 24.5 Å². The third-order valence-corrected chi connectivity index (χ3v) is 3.29. The molecule has 0 aliphatic rings. The van der Waals surface area contributed by atoms with Gasteiger partial charge in [-0.2, -0.15) is 0 Å². The monoisotopic (exact) mass is 300 g/mol. The molecule has 0 atom stereocenters. The van der Waals surface area contributed by atoms with Crippen LogP contribution in [0.25, 0.3) is 0 Å². The van der Waals surface area contributed by atoms with Gasteiger partial charge in [-0.3, -0.25) is 9.59 Å². The number of halogens is 1. The molecule has 5 heteroatoms. The number of carbonyl (C=O) groups excluding carboxylic acids is 2. The molecule has 1 rings (SSSR count). The maximum Gasteiger partial charge on any atom is 0.327 e. The normalized spacial score (nSPS) is 10.8. The van der Waals surface area contributed by atoms with Crippen molar-refractivity contribution in [1.82, 2.24) is 0 Å². The molecule has 0 saturated carbocycles. The fraction of sp³-hybridized carbons (Fsp3) is 0.333. The van der Waals surface area contributed by atoms with E-state index in [2.05, 4.69) is 25.4 Å². The van der Waals surface area contributed by atoms with E-state index in [-0.39, 0.29) is 0 Å². The van der Waals surface area contributed by atoms with E-state index in [4.69, 9.17) is 0 Å². The summed E-state index contributed by atoms with van der Waals surface area (Å²) < 4.78 is 10.0. The first-order valence-corrected chi connectivity index (χ1v) is 5.69. The second-order valence-electron chi connectivity index (χ2n) is 3.59. The van der Waals surface area contributed by atoms with Crippen molar-refractivity contribution in [2.75, 3.05) is 14.2 Å². The Hall–Kier alpha value is -1.36. The molecule has 0 aliphatic carbocycles. The smallest absolute Gasteiger partial charge is 0.327 e. The van der Waals surface area contributed by atoms with Crippen LogP contribution in [0, 0.1) is 0 Å². The summed E-state index contributed by atoms with van der Waals surface area (Å²) >= 11 is 3.31. The zero-order valence-corrected chi connectivity index (χ0v) is 11.4. The van der Waals surface area contributed by atoms with E-state index >= 15 is 0 Å². The first-order chi connectivity index (χ1) is 7.98. The van der Waals surface area contributed by atoms with Crippen molar-refractivity contribution in [2.45, 2.75) is 12.3 Å². The van der Waals surface area contributed by atoms with Gasteiger partial charge >= 0.3 is 11.9 Å². The molecule has 0 aliphatic heterocycles. The van der Waals surface area contributed by atoms with Crippen LogP contribution in [0.4, 0.5) is 0 Å². The number of methoxy groups -OCH3 is 2.